The highest BCUT2D eigenvalue weighted by Crippen LogP contribution is 2.05. The molecule has 0 amide bonds. The number of carbonyl (C=O) groups excluding carboxylic acids is 1. The van der Waals surface area contributed by atoms with Crippen LogP contribution in [0.2, 0.25) is 0 Å². The number of pyridine rings is 1. The van der Waals surface area contributed by atoms with Gasteiger partial charge >= 0.3 is 0 Å². The molecule has 0 fully saturated rings. The molecule has 0 radical (unpaired) electrons. The van der Waals surface area contributed by atoms with Crippen molar-refractivity contribution in [3.63, 3.8) is 0 Å². The molecule has 0 aliphatic rings. The van der Waals surface area contributed by atoms with Gasteiger partial charge in [-0.25, -0.2) is 4.98 Å². The first-order valence-corrected chi connectivity index (χ1v) is 8.25. The number of benzene rings is 1. The molecule has 0 N–H and O–H groups in total. The lowest BCUT2D eigenvalue weighted by atomic mass is 10.2. The van der Waals surface area contributed by atoms with Crippen LogP contribution in [0.25, 0.3) is 10.9 Å². The molecule has 0 bridgehead atoms. The topological polar surface area (TPSA) is 69.2 Å². The largest absolute Gasteiger partial charge is 0.298 e. The summed E-state index contributed by atoms with van der Waals surface area (Å²) in [6, 6.07) is 12.7. The van der Waals surface area contributed by atoms with Crippen LogP contribution in [0.5, 0.6) is 0 Å². The average Bonchev–Trinajstić information content (AvgIpc) is 2.61. The molecule has 3 aromatic rings. The highest BCUT2D eigenvalue weighted by Gasteiger charge is 2.08. The number of aromatic nitrogens is 3. The molecule has 0 atom stereocenters. The number of rotatable bonds is 4. The SMILES string of the molecule is CC(C)N=c1ccccn1C(=O)CCn1cnc2ccccc2c1=O. The van der Waals surface area contributed by atoms with Crippen molar-refractivity contribution in [3.05, 3.63) is 70.8 Å². The maximum absolute atomic E-state index is 12.6. The second-order valence-corrected chi connectivity index (χ2v) is 6.06. The fourth-order valence-electron chi connectivity index (χ4n) is 2.62. The van der Waals surface area contributed by atoms with Gasteiger partial charge in [-0.05, 0) is 38.1 Å². The number of nitrogens with zero attached hydrogens (tertiary/aromatic N) is 4. The van der Waals surface area contributed by atoms with Crippen molar-refractivity contribution in [2.45, 2.75) is 32.9 Å². The van der Waals surface area contributed by atoms with Gasteiger partial charge in [0.1, 0.15) is 5.49 Å². The van der Waals surface area contributed by atoms with E-state index in [0.29, 0.717) is 16.4 Å². The van der Waals surface area contributed by atoms with Crippen LogP contribution in [0.1, 0.15) is 25.1 Å². The Morgan fingerprint density at radius 2 is 1.92 bits per heavy atom. The molecule has 0 aliphatic heterocycles. The van der Waals surface area contributed by atoms with E-state index < -0.39 is 0 Å². The van der Waals surface area contributed by atoms with Crippen LogP contribution in [0.4, 0.5) is 0 Å². The summed E-state index contributed by atoms with van der Waals surface area (Å²) in [7, 11) is 0. The van der Waals surface area contributed by atoms with Gasteiger partial charge in [-0.2, -0.15) is 0 Å². The van der Waals surface area contributed by atoms with Gasteiger partial charge in [-0.3, -0.25) is 23.7 Å². The highest BCUT2D eigenvalue weighted by atomic mass is 16.2. The van der Waals surface area contributed by atoms with E-state index in [1.54, 1.807) is 30.5 Å². The van der Waals surface area contributed by atoms with E-state index in [1.165, 1.54) is 15.5 Å². The maximum atomic E-state index is 12.6. The zero-order valence-electron chi connectivity index (χ0n) is 14.3. The minimum absolute atomic E-state index is 0.0914. The monoisotopic (exact) mass is 336 g/mol. The van der Waals surface area contributed by atoms with Gasteiger partial charge in [-0.1, -0.05) is 18.2 Å². The lowest BCUT2D eigenvalue weighted by Gasteiger charge is -2.09. The third kappa shape index (κ3) is 3.74. The molecule has 0 unspecified atom stereocenters. The molecular formula is C19H20N4O2. The molecule has 0 saturated heterocycles. The Bertz CT molecular complexity index is 1030. The van der Waals surface area contributed by atoms with Crippen molar-refractivity contribution in [1.29, 1.82) is 0 Å². The molecule has 0 aliphatic carbocycles. The van der Waals surface area contributed by atoms with Gasteiger partial charge in [0.25, 0.3) is 5.56 Å². The van der Waals surface area contributed by atoms with E-state index in [4.69, 9.17) is 0 Å². The number of hydrogen-bond acceptors (Lipinski definition) is 4. The smallest absolute Gasteiger partial charge is 0.261 e. The fraction of sp³-hybridized carbons (Fsp3) is 0.263. The lowest BCUT2D eigenvalue weighted by molar-refractivity contribution is 0.0890. The van der Waals surface area contributed by atoms with E-state index in [-0.39, 0.29) is 30.5 Å². The van der Waals surface area contributed by atoms with Crippen LogP contribution in [-0.4, -0.2) is 26.1 Å². The molecule has 0 saturated carbocycles. The number of fused-ring (bicyclic) bond motifs is 1. The normalized spacial score (nSPS) is 12.0. The Balaban J connectivity index is 1.85. The second kappa shape index (κ2) is 7.25. The predicted octanol–water partition coefficient (Wildman–Crippen LogP) is 2.24. The van der Waals surface area contributed by atoms with Crippen molar-refractivity contribution < 1.29 is 4.79 Å². The van der Waals surface area contributed by atoms with Crippen LogP contribution in [0, 0.1) is 0 Å². The molecule has 3 rings (SSSR count). The summed E-state index contributed by atoms with van der Waals surface area (Å²) in [5.74, 6) is -0.111. The molecule has 128 valence electrons. The molecule has 6 heteroatoms. The van der Waals surface area contributed by atoms with E-state index in [9.17, 15) is 9.59 Å². The molecular weight excluding hydrogens is 316 g/mol. The van der Waals surface area contributed by atoms with Crippen LogP contribution in [0.3, 0.4) is 0 Å². The van der Waals surface area contributed by atoms with Gasteiger partial charge in [0, 0.05) is 25.2 Å². The molecule has 1 aromatic carbocycles. The van der Waals surface area contributed by atoms with Gasteiger partial charge in [0.15, 0.2) is 0 Å². The molecule has 0 spiro atoms. The summed E-state index contributed by atoms with van der Waals surface area (Å²) >= 11 is 0. The molecule has 25 heavy (non-hydrogen) atoms. The fourth-order valence-corrected chi connectivity index (χ4v) is 2.62. The standard InChI is InChI=1S/C19H20N4O2/c1-14(2)21-17-9-5-6-11-23(17)18(24)10-12-22-13-20-16-8-4-3-7-15(16)19(22)25/h3-9,11,13-14H,10,12H2,1-2H3. The lowest BCUT2D eigenvalue weighted by Crippen LogP contribution is -2.29. The Morgan fingerprint density at radius 3 is 2.72 bits per heavy atom. The Morgan fingerprint density at radius 1 is 1.16 bits per heavy atom. The number of carbonyl (C=O) groups is 1. The summed E-state index contributed by atoms with van der Waals surface area (Å²) in [6.07, 6.45) is 3.38. The van der Waals surface area contributed by atoms with E-state index in [1.807, 2.05) is 32.0 Å². The first-order valence-electron chi connectivity index (χ1n) is 8.25. The van der Waals surface area contributed by atoms with Crippen LogP contribution >= 0.6 is 0 Å². The second-order valence-electron chi connectivity index (χ2n) is 6.06. The maximum Gasteiger partial charge on any atom is 0.261 e. The number of para-hydroxylation sites is 1. The Labute approximate surface area is 145 Å². The third-order valence-corrected chi connectivity index (χ3v) is 3.80. The highest BCUT2D eigenvalue weighted by molar-refractivity contribution is 5.79. The van der Waals surface area contributed by atoms with Gasteiger partial charge in [0.05, 0.1) is 17.2 Å². The average molecular weight is 336 g/mol. The van der Waals surface area contributed by atoms with Crippen molar-refractivity contribution in [2.75, 3.05) is 0 Å². The van der Waals surface area contributed by atoms with Gasteiger partial charge in [-0.15, -0.1) is 0 Å². The van der Waals surface area contributed by atoms with Crippen LogP contribution in [-0.2, 0) is 6.54 Å². The van der Waals surface area contributed by atoms with Crippen molar-refractivity contribution in [1.82, 2.24) is 14.1 Å². The van der Waals surface area contributed by atoms with Gasteiger partial charge in [0.2, 0.25) is 5.91 Å². The molecule has 2 heterocycles. The van der Waals surface area contributed by atoms with Crippen LogP contribution < -0.4 is 11.0 Å². The number of aryl methyl sites for hydroxylation is 1. The van der Waals surface area contributed by atoms with Gasteiger partial charge < -0.3 is 0 Å². The first-order chi connectivity index (χ1) is 12.1. The number of hydrogen-bond donors (Lipinski definition) is 0. The van der Waals surface area contributed by atoms with E-state index in [2.05, 4.69) is 9.98 Å². The van der Waals surface area contributed by atoms with Crippen molar-refractivity contribution >= 4 is 16.8 Å². The zero-order chi connectivity index (χ0) is 17.8. The Hall–Kier alpha value is -3.02. The summed E-state index contributed by atoms with van der Waals surface area (Å²) in [4.78, 5) is 33.8. The van der Waals surface area contributed by atoms with Crippen molar-refractivity contribution in [3.8, 4) is 0 Å². The predicted molar refractivity (Wildman–Crippen MR) is 96.4 cm³/mol. The molecule has 2 aromatic heterocycles. The van der Waals surface area contributed by atoms with Crippen LogP contribution in [0.15, 0.2) is 64.8 Å². The van der Waals surface area contributed by atoms with Crippen molar-refractivity contribution in [2.24, 2.45) is 4.99 Å². The molecule has 6 nitrogen and oxygen atoms in total. The zero-order valence-corrected chi connectivity index (χ0v) is 14.3. The third-order valence-electron chi connectivity index (χ3n) is 3.80. The summed E-state index contributed by atoms with van der Waals surface area (Å²) < 4.78 is 3.00. The Kier molecular flexibility index (Phi) is 4.88. The minimum Gasteiger partial charge on any atom is -0.298 e. The summed E-state index contributed by atoms with van der Waals surface area (Å²) in [5, 5.41) is 0.556. The minimum atomic E-state index is -0.136. The summed E-state index contributed by atoms with van der Waals surface area (Å²) in [6.45, 7) is 4.20. The van der Waals surface area contributed by atoms with E-state index >= 15 is 0 Å². The van der Waals surface area contributed by atoms with E-state index in [0.717, 1.165) is 0 Å². The first kappa shape index (κ1) is 16.8. The quantitative estimate of drug-likeness (QED) is 0.734. The summed E-state index contributed by atoms with van der Waals surface area (Å²) in [5.41, 5.74) is 1.14.